The van der Waals surface area contributed by atoms with Gasteiger partial charge in [-0.05, 0) is 68.5 Å². The zero-order valence-electron chi connectivity index (χ0n) is 26.6. The van der Waals surface area contributed by atoms with Crippen molar-refractivity contribution in [2.24, 2.45) is 5.10 Å². The van der Waals surface area contributed by atoms with Crippen molar-refractivity contribution < 1.29 is 158 Å². The molecule has 2 aromatic carbocycles. The van der Waals surface area contributed by atoms with E-state index in [9.17, 15) is 45.4 Å². The van der Waals surface area contributed by atoms with Gasteiger partial charge in [0.15, 0.2) is 11.9 Å². The summed E-state index contributed by atoms with van der Waals surface area (Å²) < 4.78 is 77.7. The van der Waals surface area contributed by atoms with Crippen molar-refractivity contribution >= 4 is 55.3 Å². The fraction of sp³-hybridized carbons (Fsp3) is 0.172. The van der Waals surface area contributed by atoms with E-state index in [1.807, 2.05) is 0 Å². The van der Waals surface area contributed by atoms with Crippen molar-refractivity contribution in [1.82, 2.24) is 5.01 Å². The average molecular weight is 765 g/mol. The largest absolute Gasteiger partial charge is 1.00 e. The Morgan fingerprint density at radius 3 is 1.90 bits per heavy atom. The Bertz CT molecular complexity index is 1940. The molecule has 20 heteroatoms. The van der Waals surface area contributed by atoms with Gasteiger partial charge in [-0.3, -0.25) is 4.79 Å². The summed E-state index contributed by atoms with van der Waals surface area (Å²) >= 11 is 0. The molecule has 0 radical (unpaired) electrons. The van der Waals surface area contributed by atoms with E-state index in [0.717, 1.165) is 39.3 Å². The number of carbonyl (C=O) groups is 3. The molecule has 1 N–H and O–H groups in total. The van der Waals surface area contributed by atoms with E-state index in [0.29, 0.717) is 0 Å². The van der Waals surface area contributed by atoms with Gasteiger partial charge in [0, 0.05) is 11.8 Å². The Morgan fingerprint density at radius 1 is 0.857 bits per heavy atom. The molecule has 2 aliphatic heterocycles. The van der Waals surface area contributed by atoms with E-state index < -0.39 is 54.2 Å². The summed E-state index contributed by atoms with van der Waals surface area (Å²) in [7, 11) is -9.46. The van der Waals surface area contributed by atoms with Crippen LogP contribution in [0.15, 0.2) is 111 Å². The van der Waals surface area contributed by atoms with Crippen LogP contribution in [0.25, 0.3) is 0 Å². The number of ether oxygens (including phenoxy) is 2. The van der Waals surface area contributed by atoms with Gasteiger partial charge in [0.25, 0.3) is 5.91 Å². The van der Waals surface area contributed by atoms with Gasteiger partial charge in [-0.1, -0.05) is 24.3 Å². The number of benzene rings is 2. The van der Waals surface area contributed by atoms with E-state index in [1.165, 1.54) is 60.8 Å². The Morgan fingerprint density at radius 2 is 1.39 bits per heavy atom. The third-order valence-corrected chi connectivity index (χ3v) is 8.07. The van der Waals surface area contributed by atoms with Crippen LogP contribution in [0, 0.1) is 0 Å². The van der Waals surface area contributed by atoms with Gasteiger partial charge in [-0.2, -0.15) is 15.1 Å². The Balaban J connectivity index is 0.00000417. The van der Waals surface area contributed by atoms with Crippen LogP contribution in [-0.4, -0.2) is 79.2 Å². The van der Waals surface area contributed by atoms with Crippen LogP contribution < -0.4 is 113 Å². The molecule has 2 heterocycles. The number of hydrazone groups is 1. The fourth-order valence-corrected chi connectivity index (χ4v) is 5.19. The molecular weight excluding hydrogens is 739 g/mol. The van der Waals surface area contributed by atoms with Gasteiger partial charge in [0.05, 0.1) is 40.0 Å². The van der Waals surface area contributed by atoms with Crippen LogP contribution in [0.3, 0.4) is 0 Å². The maximum atomic E-state index is 13.2. The number of hydrazine groups is 1. The molecule has 1 atom stereocenters. The second-order valence-electron chi connectivity index (χ2n) is 9.40. The van der Waals surface area contributed by atoms with Crippen molar-refractivity contribution in [3.05, 3.63) is 96.3 Å². The summed E-state index contributed by atoms with van der Waals surface area (Å²) in [4.78, 5) is 37.3. The van der Waals surface area contributed by atoms with Gasteiger partial charge < -0.3 is 23.7 Å². The second kappa shape index (κ2) is 18.6. The third kappa shape index (κ3) is 10.6. The molecule has 0 saturated carbocycles. The fourth-order valence-electron chi connectivity index (χ4n) is 4.25. The topological polar surface area (TPSA) is 226 Å². The molecule has 0 aliphatic carbocycles. The average Bonchev–Trinajstić information content (AvgIpc) is 3.52. The minimum atomic E-state index is -4.73. The molecule has 0 spiro atoms. The Kier molecular flexibility index (Phi) is 16.4. The van der Waals surface area contributed by atoms with Gasteiger partial charge in [-0.15, -0.1) is 0 Å². The number of hydrogen-bond donors (Lipinski definition) is 1. The number of aliphatic hydroxyl groups is 1. The number of carbonyl (C=O) groups excluding carboxylic acids is 3. The van der Waals surface area contributed by atoms with Crippen molar-refractivity contribution in [2.45, 2.75) is 29.9 Å². The maximum absolute atomic E-state index is 13.2. The molecule has 248 valence electrons. The first-order chi connectivity index (χ1) is 22.2. The predicted octanol–water partition coefficient (Wildman–Crippen LogP) is -4.10. The van der Waals surface area contributed by atoms with E-state index in [4.69, 9.17) is 9.47 Å². The first-order valence-electron chi connectivity index (χ1n) is 13.6. The molecule has 4 rings (SSSR count). The SMILES string of the molecule is CCOC(=O)C1=NN(c2ccc(S(=O)(=O)[O-])cc2)C(=O)\C1=C/C=C/C=C/C1=CN(C(=O)OCC)N(c2ccc(S(=O)(=O)[O-])cc2)C1O.[K+].[K+]. The van der Waals surface area contributed by atoms with Gasteiger partial charge in [0.2, 0.25) is 0 Å². The Labute approximate surface area is 367 Å². The van der Waals surface area contributed by atoms with E-state index >= 15 is 0 Å². The number of esters is 1. The smallest absolute Gasteiger partial charge is 0.744 e. The predicted molar refractivity (Wildman–Crippen MR) is 162 cm³/mol. The van der Waals surface area contributed by atoms with Crippen LogP contribution in [0.4, 0.5) is 16.2 Å². The maximum Gasteiger partial charge on any atom is 1.00 e. The van der Waals surface area contributed by atoms with Crippen molar-refractivity contribution in [3.63, 3.8) is 0 Å². The molecule has 0 aromatic heterocycles. The summed E-state index contributed by atoms with van der Waals surface area (Å²) in [6, 6.07) is 8.89. The zero-order chi connectivity index (χ0) is 34.5. The molecule has 0 fully saturated rings. The minimum Gasteiger partial charge on any atom is -0.744 e. The number of amides is 2. The molecule has 0 saturated heterocycles. The molecule has 2 aromatic rings. The number of rotatable bonds is 10. The summed E-state index contributed by atoms with van der Waals surface area (Å²) in [5, 5.41) is 18.0. The summed E-state index contributed by atoms with van der Waals surface area (Å²) in [6.45, 7) is 3.15. The molecular formula is C29H26K2N4O12S2. The van der Waals surface area contributed by atoms with Crippen LogP contribution in [0.5, 0.6) is 0 Å². The molecule has 0 bridgehead atoms. The first-order valence-corrected chi connectivity index (χ1v) is 16.4. The van der Waals surface area contributed by atoms with Crippen molar-refractivity contribution in [3.8, 4) is 0 Å². The third-order valence-electron chi connectivity index (χ3n) is 6.37. The van der Waals surface area contributed by atoms with Gasteiger partial charge in [0.1, 0.15) is 20.2 Å². The summed E-state index contributed by atoms with van der Waals surface area (Å²) in [5.41, 5.74) is -0.0411. The Hall–Kier alpha value is -1.87. The molecule has 49 heavy (non-hydrogen) atoms. The second-order valence-corrected chi connectivity index (χ2v) is 12.2. The molecule has 16 nitrogen and oxygen atoms in total. The summed E-state index contributed by atoms with van der Waals surface area (Å²) in [6.07, 6.45) is 5.96. The number of aliphatic hydroxyl groups excluding tert-OH is 1. The van der Waals surface area contributed by atoms with Crippen LogP contribution >= 0.6 is 0 Å². The van der Waals surface area contributed by atoms with Gasteiger partial charge in [-0.25, -0.2) is 31.4 Å². The molecule has 2 amide bonds. The standard InChI is InChI=1S/C29H28N4O12S2.2K/c1-3-44-28(36)25-24(27(35)32(30-25)20-10-14-22(15-11-20)46(38,39)40)9-7-5-6-8-19-18-31(29(37)45-4-2)33(26(19)34)21-12-16-23(17-13-21)47(41,42)43;;/h5-18,26,34H,3-4H2,1-2H3,(H,38,39,40)(H,41,42,43);;/q;2*+1/p-2/b7-5+,8-6+,24-9-;;. The monoisotopic (exact) mass is 764 g/mol. The van der Waals surface area contributed by atoms with Gasteiger partial charge >= 0.3 is 115 Å². The molecule has 1 unspecified atom stereocenters. The van der Waals surface area contributed by atoms with Crippen LogP contribution in [0.2, 0.25) is 0 Å². The quantitative estimate of drug-likeness (QED) is 0.0800. The van der Waals surface area contributed by atoms with Crippen LogP contribution in [-0.2, 0) is 39.3 Å². The number of allylic oxidation sites excluding steroid dienone is 4. The first kappa shape index (κ1) is 43.3. The minimum absolute atomic E-state index is 0. The number of nitrogens with zero attached hydrogens (tertiary/aromatic N) is 4. The van der Waals surface area contributed by atoms with Crippen LogP contribution in [0.1, 0.15) is 13.8 Å². The number of hydrogen-bond acceptors (Lipinski definition) is 14. The molecule has 2 aliphatic rings. The normalized spacial score (nSPS) is 17.2. The van der Waals surface area contributed by atoms with E-state index in [-0.39, 0.29) is 144 Å². The van der Waals surface area contributed by atoms with Crippen molar-refractivity contribution in [1.29, 1.82) is 0 Å². The zero-order valence-corrected chi connectivity index (χ0v) is 34.5. The number of anilines is 2. The summed E-state index contributed by atoms with van der Waals surface area (Å²) in [5.74, 6) is -1.64. The van der Waals surface area contributed by atoms with E-state index in [2.05, 4.69) is 5.10 Å². The van der Waals surface area contributed by atoms with Crippen molar-refractivity contribution in [2.75, 3.05) is 23.2 Å². The van der Waals surface area contributed by atoms with E-state index in [1.54, 1.807) is 13.8 Å².